The van der Waals surface area contributed by atoms with Gasteiger partial charge < -0.3 is 19.9 Å². The van der Waals surface area contributed by atoms with Gasteiger partial charge in [0.05, 0.1) is 29.1 Å². The van der Waals surface area contributed by atoms with E-state index in [1.165, 1.54) is 0 Å². The van der Waals surface area contributed by atoms with Crippen molar-refractivity contribution in [2.24, 2.45) is 5.92 Å². The Morgan fingerprint density at radius 2 is 1.56 bits per heavy atom. The highest BCUT2D eigenvalue weighted by molar-refractivity contribution is 7.89. The van der Waals surface area contributed by atoms with Gasteiger partial charge >= 0.3 is 6.09 Å². The van der Waals surface area contributed by atoms with Crippen molar-refractivity contribution in [2.45, 2.75) is 102 Å². The van der Waals surface area contributed by atoms with Crippen molar-refractivity contribution in [1.29, 1.82) is 0 Å². The number of sulfonamides is 1. The molecule has 0 aromatic heterocycles. The van der Waals surface area contributed by atoms with Crippen LogP contribution in [-0.2, 0) is 29.1 Å². The van der Waals surface area contributed by atoms with Crippen LogP contribution in [0.25, 0.3) is 0 Å². The predicted octanol–water partition coefficient (Wildman–Crippen LogP) is 1.30. The summed E-state index contributed by atoms with van der Waals surface area (Å²) in [6.07, 6.45) is 3.79. The number of hydrogen-bond donors (Lipinski definition) is 2. The first-order valence-corrected chi connectivity index (χ1v) is 20.8. The van der Waals surface area contributed by atoms with Crippen molar-refractivity contribution < 1.29 is 41.9 Å². The topological polar surface area (TPSA) is 186 Å². The van der Waals surface area contributed by atoms with E-state index in [0.717, 1.165) is 17.7 Å². The smallest absolute Gasteiger partial charge is 0.407 e. The molecule has 1 aromatic carbocycles. The second kappa shape index (κ2) is 14.9. The van der Waals surface area contributed by atoms with Crippen molar-refractivity contribution in [3.63, 3.8) is 0 Å². The summed E-state index contributed by atoms with van der Waals surface area (Å²) in [6, 6.07) is 3.66. The third-order valence-electron chi connectivity index (χ3n) is 11.6. The molecule has 5 fully saturated rings. The van der Waals surface area contributed by atoms with Gasteiger partial charge in [-0.3, -0.25) is 39.1 Å². The molecular formula is C37H51N7O9S. The lowest BCUT2D eigenvalue weighted by molar-refractivity contribution is -0.136. The van der Waals surface area contributed by atoms with E-state index in [-0.39, 0.29) is 66.2 Å². The second-order valence-corrected chi connectivity index (χ2v) is 18.5. The van der Waals surface area contributed by atoms with Crippen LogP contribution >= 0.6 is 0 Å². The molecule has 6 amide bonds. The summed E-state index contributed by atoms with van der Waals surface area (Å²) in [5.74, 6) is -2.09. The molecule has 16 nitrogen and oxygen atoms in total. The number of nitrogens with one attached hydrogen (secondary N) is 2. The second-order valence-electron chi connectivity index (χ2n) is 16.5. The van der Waals surface area contributed by atoms with Gasteiger partial charge in [-0.2, -0.15) is 4.31 Å². The van der Waals surface area contributed by atoms with E-state index in [0.29, 0.717) is 70.6 Å². The molecule has 6 aliphatic heterocycles. The number of rotatable bonds is 8. The number of nitrogens with zero attached hydrogens (tertiary/aromatic N) is 5. The molecule has 2 bridgehead atoms. The summed E-state index contributed by atoms with van der Waals surface area (Å²) < 4.78 is 34.5. The quantitative estimate of drug-likeness (QED) is 0.363. The van der Waals surface area contributed by atoms with Crippen LogP contribution in [0.5, 0.6) is 0 Å². The fourth-order valence-corrected chi connectivity index (χ4v) is 11.5. The first-order valence-electron chi connectivity index (χ1n) is 19.2. The maximum absolute atomic E-state index is 13.7. The molecule has 6 aliphatic rings. The number of alkyl carbamates (subject to hydrolysis) is 1. The minimum absolute atomic E-state index is 0.00580. The van der Waals surface area contributed by atoms with Crippen molar-refractivity contribution in [1.82, 2.24) is 29.6 Å². The van der Waals surface area contributed by atoms with Crippen molar-refractivity contribution in [3.05, 3.63) is 29.3 Å². The van der Waals surface area contributed by atoms with Gasteiger partial charge in [0.25, 0.3) is 11.8 Å². The molecule has 294 valence electrons. The maximum atomic E-state index is 13.7. The van der Waals surface area contributed by atoms with E-state index < -0.39 is 51.4 Å². The molecule has 0 spiro atoms. The Morgan fingerprint density at radius 3 is 2.19 bits per heavy atom. The van der Waals surface area contributed by atoms with Crippen molar-refractivity contribution in [3.8, 4) is 0 Å². The van der Waals surface area contributed by atoms with Crippen molar-refractivity contribution >= 4 is 51.3 Å². The number of fused-ring (bicyclic) bond motifs is 3. The van der Waals surface area contributed by atoms with Crippen LogP contribution in [0.1, 0.15) is 92.9 Å². The fraction of sp³-hybridized carbons (Fsp3) is 0.676. The average molecular weight is 770 g/mol. The molecule has 17 heteroatoms. The summed E-state index contributed by atoms with van der Waals surface area (Å²) in [6.45, 7) is 8.74. The molecular weight excluding hydrogens is 719 g/mol. The summed E-state index contributed by atoms with van der Waals surface area (Å²) in [7, 11) is -3.49. The minimum atomic E-state index is -3.49. The molecule has 5 saturated heterocycles. The predicted molar refractivity (Wildman–Crippen MR) is 196 cm³/mol. The van der Waals surface area contributed by atoms with Crippen LogP contribution in [-0.4, -0.2) is 144 Å². The van der Waals surface area contributed by atoms with Gasteiger partial charge in [-0.05, 0) is 96.9 Å². The number of ether oxygens (including phenoxy) is 1. The zero-order valence-electron chi connectivity index (χ0n) is 31.3. The molecule has 1 aromatic rings. The lowest BCUT2D eigenvalue weighted by Crippen LogP contribution is -2.54. The number of amides is 6. The molecule has 0 saturated carbocycles. The molecule has 54 heavy (non-hydrogen) atoms. The third-order valence-corrected chi connectivity index (χ3v) is 13.8. The first kappa shape index (κ1) is 38.2. The highest BCUT2D eigenvalue weighted by Crippen LogP contribution is 2.39. The number of hydrogen-bond acceptors (Lipinski definition) is 11. The number of piperazine rings is 1. The summed E-state index contributed by atoms with van der Waals surface area (Å²) in [5.41, 5.74) is 0.446. The van der Waals surface area contributed by atoms with Gasteiger partial charge in [-0.1, -0.05) is 6.07 Å². The minimum Gasteiger partial charge on any atom is -0.444 e. The van der Waals surface area contributed by atoms with E-state index in [1.807, 2.05) is 25.7 Å². The van der Waals surface area contributed by atoms with Gasteiger partial charge in [-0.25, -0.2) is 13.2 Å². The Bertz CT molecular complexity index is 1800. The number of carbonyl (C=O) groups is 6. The molecule has 3 atom stereocenters. The number of benzene rings is 1. The number of anilines is 1. The lowest BCUT2D eigenvalue weighted by atomic mass is 9.99. The highest BCUT2D eigenvalue weighted by atomic mass is 32.2. The molecule has 0 radical (unpaired) electrons. The fourth-order valence-electron chi connectivity index (χ4n) is 9.12. The van der Waals surface area contributed by atoms with E-state index in [1.54, 1.807) is 27.4 Å². The summed E-state index contributed by atoms with van der Waals surface area (Å²) >= 11 is 0. The van der Waals surface area contributed by atoms with Crippen LogP contribution in [0.2, 0.25) is 0 Å². The van der Waals surface area contributed by atoms with E-state index >= 15 is 0 Å². The van der Waals surface area contributed by atoms with Crippen LogP contribution in [0.15, 0.2) is 18.2 Å². The highest BCUT2D eigenvalue weighted by Gasteiger charge is 2.48. The summed E-state index contributed by atoms with van der Waals surface area (Å²) in [5, 5.41) is 5.16. The van der Waals surface area contributed by atoms with E-state index in [2.05, 4.69) is 15.5 Å². The van der Waals surface area contributed by atoms with Gasteiger partial charge in [0.15, 0.2) is 0 Å². The Balaban J connectivity index is 0.869. The van der Waals surface area contributed by atoms with Gasteiger partial charge in [0, 0.05) is 50.7 Å². The SMILES string of the molecule is CC(C)(C)OC(=O)NC1CC2CCC(C1)N2S(=O)(=O)CC1CCN(CC(=O)N2CCN(c3cccc4c3C(=O)N(C3CCC(=O)NC3=O)C4=O)CC2)CC1. The van der Waals surface area contributed by atoms with Crippen LogP contribution < -0.4 is 15.5 Å². The van der Waals surface area contributed by atoms with Gasteiger partial charge in [0.1, 0.15) is 11.6 Å². The number of imide groups is 2. The largest absolute Gasteiger partial charge is 0.444 e. The Labute approximate surface area is 315 Å². The normalized spacial score (nSPS) is 27.3. The number of piperidine rings is 3. The lowest BCUT2D eigenvalue weighted by Gasteiger charge is -2.40. The monoisotopic (exact) mass is 769 g/mol. The molecule has 7 rings (SSSR count). The number of likely N-dealkylation sites (tertiary alicyclic amines) is 1. The average Bonchev–Trinajstić information content (AvgIpc) is 3.54. The molecule has 3 unspecified atom stereocenters. The van der Waals surface area contributed by atoms with E-state index in [9.17, 15) is 37.2 Å². The molecule has 6 heterocycles. The van der Waals surface area contributed by atoms with Crippen LogP contribution in [0, 0.1) is 5.92 Å². The third kappa shape index (κ3) is 7.85. The van der Waals surface area contributed by atoms with Gasteiger partial charge in [-0.15, -0.1) is 0 Å². The first-order chi connectivity index (χ1) is 25.6. The van der Waals surface area contributed by atoms with Crippen LogP contribution in [0.4, 0.5) is 10.5 Å². The van der Waals surface area contributed by atoms with Crippen LogP contribution in [0.3, 0.4) is 0 Å². The Hall–Kier alpha value is -4.09. The number of carbonyl (C=O) groups excluding carboxylic acids is 6. The molecule has 0 aliphatic carbocycles. The Morgan fingerprint density at radius 1 is 0.889 bits per heavy atom. The maximum Gasteiger partial charge on any atom is 0.407 e. The van der Waals surface area contributed by atoms with Crippen molar-refractivity contribution in [2.75, 3.05) is 56.5 Å². The summed E-state index contributed by atoms with van der Waals surface area (Å²) in [4.78, 5) is 83.6. The zero-order chi connectivity index (χ0) is 38.5. The zero-order valence-corrected chi connectivity index (χ0v) is 32.1. The Kier molecular flexibility index (Phi) is 10.5. The standard InChI is InChI=1S/C37H51N7O9S/c1-37(2,3)53-36(50)38-24-19-25-7-8-26(20-24)44(25)54(51,52)22-23-11-13-40(14-12-23)21-31(46)42-17-15-41(16-18-42)28-6-4-5-27-32(28)35(49)43(34(27)48)29-9-10-30(45)39-33(29)47/h4-6,23-26,29H,7-22H2,1-3H3,(H,38,50)(H,39,45,47). The van der Waals surface area contributed by atoms with E-state index in [4.69, 9.17) is 4.74 Å². The molecule has 2 N–H and O–H groups in total. The van der Waals surface area contributed by atoms with Gasteiger partial charge in [0.2, 0.25) is 27.7 Å².